The average Bonchev–Trinajstić information content (AvgIpc) is 3.26. The van der Waals surface area contributed by atoms with Gasteiger partial charge in [0.15, 0.2) is 5.58 Å². The number of nitrogens with one attached hydrogen (secondary N) is 1. The molecular formula is C27H24Br2N2O3. The van der Waals surface area contributed by atoms with Crippen LogP contribution in [0.5, 0.6) is 5.75 Å². The third-order valence-electron chi connectivity index (χ3n) is 5.65. The molecule has 0 saturated heterocycles. The van der Waals surface area contributed by atoms with E-state index in [-0.39, 0.29) is 5.91 Å². The Morgan fingerprint density at radius 3 is 2.62 bits per heavy atom. The molecule has 1 N–H and O–H groups in total. The van der Waals surface area contributed by atoms with Crippen molar-refractivity contribution in [2.24, 2.45) is 0 Å². The fourth-order valence-corrected chi connectivity index (χ4v) is 5.00. The molecule has 4 rings (SSSR count). The number of anilines is 1. The summed E-state index contributed by atoms with van der Waals surface area (Å²) in [5.41, 5.74) is 5.18. The van der Waals surface area contributed by atoms with Crippen LogP contribution in [0.3, 0.4) is 0 Å². The number of ether oxygens (including phenoxy) is 1. The molecule has 1 amide bonds. The predicted molar refractivity (Wildman–Crippen MR) is 144 cm³/mol. The van der Waals surface area contributed by atoms with Crippen LogP contribution in [-0.2, 0) is 4.79 Å². The summed E-state index contributed by atoms with van der Waals surface area (Å²) in [6.07, 6.45) is 4.26. The molecule has 4 aromatic rings. The molecule has 0 bridgehead atoms. The normalized spacial score (nSPS) is 12.3. The molecule has 34 heavy (non-hydrogen) atoms. The van der Waals surface area contributed by atoms with Crippen LogP contribution in [0.2, 0.25) is 0 Å². The van der Waals surface area contributed by atoms with E-state index in [0.29, 0.717) is 23.2 Å². The number of hydrogen-bond donors (Lipinski definition) is 1. The van der Waals surface area contributed by atoms with Crippen LogP contribution in [0.4, 0.5) is 5.69 Å². The van der Waals surface area contributed by atoms with Crippen molar-refractivity contribution in [3.8, 4) is 17.2 Å². The lowest BCUT2D eigenvalue weighted by molar-refractivity contribution is -0.111. The monoisotopic (exact) mass is 582 g/mol. The largest absolute Gasteiger partial charge is 0.495 e. The number of fused-ring (bicyclic) bond motifs is 1. The highest BCUT2D eigenvalue weighted by molar-refractivity contribution is 9.11. The molecule has 0 aliphatic carbocycles. The van der Waals surface area contributed by atoms with Gasteiger partial charge in [0, 0.05) is 27.4 Å². The Labute approximate surface area is 215 Å². The number of oxazole rings is 1. The van der Waals surface area contributed by atoms with Gasteiger partial charge in [0.05, 0.1) is 11.6 Å². The van der Waals surface area contributed by atoms with Crippen LogP contribution >= 0.6 is 31.9 Å². The van der Waals surface area contributed by atoms with Gasteiger partial charge in [0.1, 0.15) is 11.3 Å². The first-order valence-corrected chi connectivity index (χ1v) is 12.5. The second kappa shape index (κ2) is 10.6. The molecule has 5 nitrogen and oxygen atoms in total. The van der Waals surface area contributed by atoms with Crippen LogP contribution in [0.25, 0.3) is 28.6 Å². The molecule has 1 atom stereocenters. The van der Waals surface area contributed by atoms with E-state index in [4.69, 9.17) is 9.15 Å². The number of methoxy groups -OCH3 is 1. The Morgan fingerprint density at radius 2 is 1.91 bits per heavy atom. The molecule has 3 aromatic carbocycles. The van der Waals surface area contributed by atoms with E-state index >= 15 is 0 Å². The molecule has 1 heterocycles. The van der Waals surface area contributed by atoms with Gasteiger partial charge in [-0.2, -0.15) is 0 Å². The molecule has 174 valence electrons. The summed E-state index contributed by atoms with van der Waals surface area (Å²) in [5.74, 6) is 1.45. The van der Waals surface area contributed by atoms with Crippen molar-refractivity contribution in [2.45, 2.75) is 26.2 Å². The van der Waals surface area contributed by atoms with Gasteiger partial charge in [-0.1, -0.05) is 35.8 Å². The first kappa shape index (κ1) is 24.2. The zero-order valence-corrected chi connectivity index (χ0v) is 22.2. The Balaban J connectivity index is 1.47. The van der Waals surface area contributed by atoms with Crippen molar-refractivity contribution in [2.75, 3.05) is 12.4 Å². The van der Waals surface area contributed by atoms with Crippen molar-refractivity contribution < 1.29 is 13.9 Å². The van der Waals surface area contributed by atoms with E-state index in [1.807, 2.05) is 42.5 Å². The maximum atomic E-state index is 12.4. The van der Waals surface area contributed by atoms with Gasteiger partial charge in [-0.05, 0) is 88.4 Å². The van der Waals surface area contributed by atoms with Gasteiger partial charge in [0.25, 0.3) is 0 Å². The van der Waals surface area contributed by atoms with Gasteiger partial charge in [0.2, 0.25) is 11.8 Å². The average molecular weight is 584 g/mol. The smallest absolute Gasteiger partial charge is 0.248 e. The summed E-state index contributed by atoms with van der Waals surface area (Å²) in [6.45, 7) is 4.38. The van der Waals surface area contributed by atoms with E-state index in [1.165, 1.54) is 11.6 Å². The van der Waals surface area contributed by atoms with Gasteiger partial charge in [-0.15, -0.1) is 0 Å². The molecule has 1 aromatic heterocycles. The predicted octanol–water partition coefficient (Wildman–Crippen LogP) is 8.19. The molecule has 0 radical (unpaired) electrons. The van der Waals surface area contributed by atoms with Gasteiger partial charge >= 0.3 is 0 Å². The fraction of sp³-hybridized carbons (Fsp3) is 0.185. The minimum atomic E-state index is -0.245. The second-order valence-electron chi connectivity index (χ2n) is 7.97. The van der Waals surface area contributed by atoms with Crippen LogP contribution in [0, 0.1) is 0 Å². The van der Waals surface area contributed by atoms with E-state index in [2.05, 4.69) is 68.1 Å². The zero-order chi connectivity index (χ0) is 24.2. The third kappa shape index (κ3) is 5.42. The van der Waals surface area contributed by atoms with Gasteiger partial charge < -0.3 is 14.5 Å². The van der Waals surface area contributed by atoms with Gasteiger partial charge in [-0.25, -0.2) is 4.98 Å². The molecule has 0 spiro atoms. The third-order valence-corrected chi connectivity index (χ3v) is 6.69. The van der Waals surface area contributed by atoms with E-state index in [0.717, 1.165) is 37.6 Å². The van der Waals surface area contributed by atoms with E-state index in [9.17, 15) is 4.79 Å². The molecule has 0 unspecified atom stereocenters. The standard InChI is InChI=1S/C27H24Br2N2O3/c1-4-16(2)18-7-11-24-23(14-18)31-27(34-24)17-5-9-21(10-6-17)30-25(32)12-8-19-13-20(28)15-22(29)26(19)33-3/h5-16H,4H2,1-3H3,(H,30,32)/b12-8+/t16-/m0/s1. The van der Waals surface area contributed by atoms with Crippen molar-refractivity contribution in [3.05, 3.63) is 80.7 Å². The second-order valence-corrected chi connectivity index (χ2v) is 9.74. The zero-order valence-electron chi connectivity index (χ0n) is 19.1. The Bertz CT molecular complexity index is 1360. The Morgan fingerprint density at radius 1 is 1.15 bits per heavy atom. The van der Waals surface area contributed by atoms with Crippen LogP contribution in [-0.4, -0.2) is 18.0 Å². The minimum absolute atomic E-state index is 0.245. The number of carbonyl (C=O) groups is 1. The van der Waals surface area contributed by atoms with E-state index in [1.54, 1.807) is 13.2 Å². The Hall–Kier alpha value is -2.90. The van der Waals surface area contributed by atoms with Crippen molar-refractivity contribution in [1.82, 2.24) is 4.98 Å². The molecule has 7 heteroatoms. The summed E-state index contributed by atoms with van der Waals surface area (Å²) in [7, 11) is 1.59. The summed E-state index contributed by atoms with van der Waals surface area (Å²) >= 11 is 6.92. The number of halogens is 2. The number of nitrogens with zero attached hydrogens (tertiary/aromatic N) is 1. The number of carbonyl (C=O) groups excluding carboxylic acids is 1. The summed E-state index contributed by atoms with van der Waals surface area (Å²) in [5, 5.41) is 2.87. The number of hydrogen-bond acceptors (Lipinski definition) is 4. The quantitative estimate of drug-likeness (QED) is 0.223. The summed E-state index contributed by atoms with van der Waals surface area (Å²) in [4.78, 5) is 17.1. The van der Waals surface area contributed by atoms with Crippen molar-refractivity contribution in [1.29, 1.82) is 0 Å². The number of aromatic nitrogens is 1. The lowest BCUT2D eigenvalue weighted by Crippen LogP contribution is -2.07. The lowest BCUT2D eigenvalue weighted by Gasteiger charge is -2.08. The van der Waals surface area contributed by atoms with Gasteiger partial charge in [-0.3, -0.25) is 4.79 Å². The Kier molecular flexibility index (Phi) is 7.54. The van der Waals surface area contributed by atoms with Crippen LogP contribution in [0.15, 0.2) is 74.0 Å². The van der Waals surface area contributed by atoms with E-state index < -0.39 is 0 Å². The lowest BCUT2D eigenvalue weighted by atomic mass is 9.98. The highest BCUT2D eigenvalue weighted by Gasteiger charge is 2.12. The maximum absolute atomic E-state index is 12.4. The first-order valence-electron chi connectivity index (χ1n) is 10.9. The molecule has 0 fully saturated rings. The summed E-state index contributed by atoms with van der Waals surface area (Å²) < 4.78 is 13.0. The molecule has 0 aliphatic rings. The number of rotatable bonds is 7. The molecule has 0 aliphatic heterocycles. The van der Waals surface area contributed by atoms with Crippen LogP contribution < -0.4 is 10.1 Å². The van der Waals surface area contributed by atoms with Crippen LogP contribution in [0.1, 0.15) is 37.3 Å². The summed E-state index contributed by atoms with van der Waals surface area (Å²) in [6, 6.07) is 17.4. The highest BCUT2D eigenvalue weighted by Crippen LogP contribution is 2.33. The molecular weight excluding hydrogens is 560 g/mol. The first-order chi connectivity index (χ1) is 16.4. The van der Waals surface area contributed by atoms with Crippen molar-refractivity contribution >= 4 is 60.6 Å². The number of benzene rings is 3. The fourth-order valence-electron chi connectivity index (χ4n) is 3.58. The topological polar surface area (TPSA) is 64.4 Å². The SMILES string of the molecule is CC[C@H](C)c1ccc2oc(-c3ccc(NC(=O)/C=C/c4cc(Br)cc(Br)c4OC)cc3)nc2c1. The van der Waals surface area contributed by atoms with Crippen molar-refractivity contribution in [3.63, 3.8) is 0 Å². The minimum Gasteiger partial charge on any atom is -0.495 e. The maximum Gasteiger partial charge on any atom is 0.248 e. The molecule has 0 saturated carbocycles. The number of amides is 1. The highest BCUT2D eigenvalue weighted by atomic mass is 79.9.